The number of aryl methyl sites for hydroxylation is 2. The van der Waals surface area contributed by atoms with Gasteiger partial charge in [0.15, 0.2) is 6.29 Å². The van der Waals surface area contributed by atoms with Gasteiger partial charge in [-0.25, -0.2) is 14.4 Å². The Hall–Kier alpha value is -3.23. The molecular weight excluding hydrogens is 368 g/mol. The fraction of sp³-hybridized carbons (Fsp3) is 0.250. The van der Waals surface area contributed by atoms with Gasteiger partial charge >= 0.3 is 17.9 Å². The normalized spacial score (nSPS) is 14.0. The number of hydrogen-bond donors (Lipinski definition) is 3. The van der Waals surface area contributed by atoms with E-state index in [1.165, 1.54) is 24.3 Å². The highest BCUT2D eigenvalue weighted by molar-refractivity contribution is 5.93. The highest BCUT2D eigenvalue weighted by Gasteiger charge is 2.40. The summed E-state index contributed by atoms with van der Waals surface area (Å²) in [5.74, 6) is -4.44. The third kappa shape index (κ3) is 5.38. The van der Waals surface area contributed by atoms with E-state index in [1.54, 1.807) is 31.2 Å². The van der Waals surface area contributed by atoms with Gasteiger partial charge in [-0.2, -0.15) is 0 Å². The van der Waals surface area contributed by atoms with Crippen molar-refractivity contribution in [1.29, 1.82) is 0 Å². The number of carboxylic acid groups (broad SMARTS) is 2. The fourth-order valence-corrected chi connectivity index (χ4v) is 2.32. The van der Waals surface area contributed by atoms with Crippen molar-refractivity contribution in [2.24, 2.45) is 0 Å². The molecule has 148 valence electrons. The Morgan fingerprint density at radius 1 is 0.786 bits per heavy atom. The van der Waals surface area contributed by atoms with Gasteiger partial charge in [-0.1, -0.05) is 47.5 Å². The Balaban J connectivity index is 2.20. The number of ether oxygens (including phenoxy) is 2. The molecule has 0 amide bonds. The zero-order valence-corrected chi connectivity index (χ0v) is 15.2. The SMILES string of the molecule is Cc1ccc(C(=O)O[C@H](C(=O)O)[C@H](OC(O)c2ccc(C)cc2)C(=O)O)cc1. The molecule has 8 nitrogen and oxygen atoms in total. The predicted molar refractivity (Wildman–Crippen MR) is 96.7 cm³/mol. The van der Waals surface area contributed by atoms with E-state index in [9.17, 15) is 29.7 Å². The van der Waals surface area contributed by atoms with Crippen LogP contribution in [-0.2, 0) is 19.1 Å². The summed E-state index contributed by atoms with van der Waals surface area (Å²) < 4.78 is 9.88. The zero-order valence-electron chi connectivity index (χ0n) is 15.2. The Morgan fingerprint density at radius 3 is 1.71 bits per heavy atom. The van der Waals surface area contributed by atoms with Crippen molar-refractivity contribution in [2.75, 3.05) is 0 Å². The van der Waals surface area contributed by atoms with E-state index in [-0.39, 0.29) is 11.1 Å². The van der Waals surface area contributed by atoms with Crippen LogP contribution < -0.4 is 0 Å². The zero-order chi connectivity index (χ0) is 20.8. The molecule has 0 aliphatic carbocycles. The number of hydrogen-bond acceptors (Lipinski definition) is 6. The molecule has 0 spiro atoms. The number of carbonyl (C=O) groups excluding carboxylic acids is 1. The molecule has 0 radical (unpaired) electrons. The summed E-state index contributed by atoms with van der Waals surface area (Å²) in [5.41, 5.74) is 2.06. The first-order chi connectivity index (χ1) is 13.2. The largest absolute Gasteiger partial charge is 0.479 e. The van der Waals surface area contributed by atoms with E-state index >= 15 is 0 Å². The van der Waals surface area contributed by atoms with Crippen LogP contribution in [0.15, 0.2) is 48.5 Å². The van der Waals surface area contributed by atoms with E-state index in [0.717, 1.165) is 11.1 Å². The van der Waals surface area contributed by atoms with E-state index in [2.05, 4.69) is 0 Å². The maximum absolute atomic E-state index is 12.2. The summed E-state index contributed by atoms with van der Waals surface area (Å²) in [5, 5.41) is 28.8. The van der Waals surface area contributed by atoms with Gasteiger partial charge in [0.05, 0.1) is 5.56 Å². The van der Waals surface area contributed by atoms with Crippen molar-refractivity contribution in [1.82, 2.24) is 0 Å². The molecule has 0 saturated carbocycles. The molecule has 2 rings (SSSR count). The summed E-state index contributed by atoms with van der Waals surface area (Å²) in [6.45, 7) is 3.62. The number of esters is 1. The van der Waals surface area contributed by atoms with E-state index in [1.807, 2.05) is 6.92 Å². The molecule has 0 aromatic heterocycles. The number of aliphatic carboxylic acids is 2. The summed E-state index contributed by atoms with van der Waals surface area (Å²) in [4.78, 5) is 35.3. The van der Waals surface area contributed by atoms with Gasteiger partial charge in [0.25, 0.3) is 0 Å². The summed E-state index contributed by atoms with van der Waals surface area (Å²) in [7, 11) is 0. The third-order valence-electron chi connectivity index (χ3n) is 3.92. The van der Waals surface area contributed by atoms with Crippen LogP contribution in [0.5, 0.6) is 0 Å². The number of aliphatic hydroxyl groups excluding tert-OH is 1. The lowest BCUT2D eigenvalue weighted by Crippen LogP contribution is -2.45. The van der Waals surface area contributed by atoms with Gasteiger partial charge in [-0.15, -0.1) is 0 Å². The molecule has 0 aliphatic rings. The second kappa shape index (κ2) is 9.12. The molecule has 2 aromatic carbocycles. The second-order valence-corrected chi connectivity index (χ2v) is 6.19. The second-order valence-electron chi connectivity index (χ2n) is 6.19. The van der Waals surface area contributed by atoms with Crippen molar-refractivity contribution in [3.8, 4) is 0 Å². The van der Waals surface area contributed by atoms with Crippen molar-refractivity contribution in [2.45, 2.75) is 32.3 Å². The summed E-state index contributed by atoms with van der Waals surface area (Å²) >= 11 is 0. The predicted octanol–water partition coefficient (Wildman–Crippen LogP) is 2.07. The summed E-state index contributed by atoms with van der Waals surface area (Å²) in [6, 6.07) is 12.5. The van der Waals surface area contributed by atoms with Crippen LogP contribution >= 0.6 is 0 Å². The molecule has 0 aliphatic heterocycles. The molecular formula is C20H20O8. The van der Waals surface area contributed by atoms with Gasteiger partial charge in [0.1, 0.15) is 0 Å². The van der Waals surface area contributed by atoms with Gasteiger partial charge in [-0.3, -0.25) is 0 Å². The van der Waals surface area contributed by atoms with Crippen molar-refractivity contribution >= 4 is 17.9 Å². The Kier molecular flexibility index (Phi) is 6.86. The lowest BCUT2D eigenvalue weighted by atomic mass is 10.1. The quantitative estimate of drug-likeness (QED) is 0.463. The lowest BCUT2D eigenvalue weighted by Gasteiger charge is -2.23. The number of benzene rings is 2. The number of carbonyl (C=O) groups is 3. The summed E-state index contributed by atoms with van der Waals surface area (Å²) in [6.07, 6.45) is -6.00. The van der Waals surface area contributed by atoms with Gasteiger partial charge in [0.2, 0.25) is 12.2 Å². The molecule has 0 fully saturated rings. The van der Waals surface area contributed by atoms with Crippen molar-refractivity contribution < 1.29 is 39.2 Å². The molecule has 8 heteroatoms. The standard InChI is InChI=1S/C20H20O8/c1-11-3-7-13(8-4-11)19(25)27-15(17(21)22)16(18(23)24)28-20(26)14-9-5-12(2)6-10-14/h3-10,15-16,19,25H,1-2H3,(H,21,22)(H,23,24)/t15-,16-,19?/m0/s1. The van der Waals surface area contributed by atoms with Crippen LogP contribution in [0, 0.1) is 13.8 Å². The smallest absolute Gasteiger partial charge is 0.348 e. The van der Waals surface area contributed by atoms with Gasteiger partial charge in [0, 0.05) is 5.56 Å². The van der Waals surface area contributed by atoms with Crippen LogP contribution in [0.3, 0.4) is 0 Å². The molecule has 28 heavy (non-hydrogen) atoms. The maximum atomic E-state index is 12.2. The third-order valence-corrected chi connectivity index (χ3v) is 3.92. The Morgan fingerprint density at radius 2 is 1.25 bits per heavy atom. The van der Waals surface area contributed by atoms with Crippen molar-refractivity contribution in [3.63, 3.8) is 0 Å². The van der Waals surface area contributed by atoms with E-state index in [4.69, 9.17) is 9.47 Å². The molecule has 0 saturated heterocycles. The highest BCUT2D eigenvalue weighted by Crippen LogP contribution is 2.20. The first-order valence-electron chi connectivity index (χ1n) is 8.32. The minimum Gasteiger partial charge on any atom is -0.479 e. The minimum absolute atomic E-state index is 0.0556. The molecule has 2 aromatic rings. The molecule has 1 unspecified atom stereocenters. The average Bonchev–Trinajstić information content (AvgIpc) is 2.64. The van der Waals surface area contributed by atoms with Crippen LogP contribution in [0.2, 0.25) is 0 Å². The van der Waals surface area contributed by atoms with Crippen LogP contribution in [0.4, 0.5) is 0 Å². The van der Waals surface area contributed by atoms with Gasteiger partial charge < -0.3 is 24.8 Å². The van der Waals surface area contributed by atoms with Gasteiger partial charge in [-0.05, 0) is 26.0 Å². The Labute approximate surface area is 161 Å². The molecule has 0 bridgehead atoms. The first kappa shape index (κ1) is 21.1. The molecule has 3 N–H and O–H groups in total. The first-order valence-corrected chi connectivity index (χ1v) is 8.32. The van der Waals surface area contributed by atoms with E-state index < -0.39 is 36.4 Å². The maximum Gasteiger partial charge on any atom is 0.348 e. The van der Waals surface area contributed by atoms with Crippen LogP contribution in [0.1, 0.15) is 33.3 Å². The van der Waals surface area contributed by atoms with Crippen molar-refractivity contribution in [3.05, 3.63) is 70.8 Å². The number of rotatable bonds is 8. The molecule has 0 heterocycles. The monoisotopic (exact) mass is 388 g/mol. The highest BCUT2D eigenvalue weighted by atomic mass is 16.6. The number of carboxylic acids is 2. The van der Waals surface area contributed by atoms with Crippen LogP contribution in [-0.4, -0.2) is 45.4 Å². The Bertz CT molecular complexity index is 842. The van der Waals surface area contributed by atoms with Crippen LogP contribution in [0.25, 0.3) is 0 Å². The number of aliphatic hydroxyl groups is 1. The minimum atomic E-state index is -2.16. The lowest BCUT2D eigenvalue weighted by molar-refractivity contribution is -0.199. The fourth-order valence-electron chi connectivity index (χ4n) is 2.32. The average molecular weight is 388 g/mol. The topological polar surface area (TPSA) is 130 Å². The molecule has 3 atom stereocenters. The van der Waals surface area contributed by atoms with E-state index in [0.29, 0.717) is 0 Å².